The van der Waals surface area contributed by atoms with Crippen LogP contribution in [0.4, 0.5) is 0 Å². The molecule has 0 aliphatic heterocycles. The van der Waals surface area contributed by atoms with Crippen molar-refractivity contribution in [1.82, 2.24) is 0 Å². The molecule has 0 atom stereocenters. The molecule has 0 aliphatic rings. The first kappa shape index (κ1) is 11.6. The van der Waals surface area contributed by atoms with Gasteiger partial charge < -0.3 is 16.6 Å². The van der Waals surface area contributed by atoms with Gasteiger partial charge in [-0.3, -0.25) is 0 Å². The molecule has 0 amide bonds. The number of aromatic hydroxyl groups is 1. The third-order valence-electron chi connectivity index (χ3n) is 1.42. The van der Waals surface area contributed by atoms with Gasteiger partial charge in [-0.25, -0.2) is 0 Å². The molecule has 1 aromatic rings. The standard InChI is InChI=1S/C8H8Cl2N4O/c9-5-1-4(2-6(10)7(5)15)3-13-14-8(11)12/h1-3,15H,(H4,11,12,14). The predicted molar refractivity (Wildman–Crippen MR) is 61.5 cm³/mol. The van der Waals surface area contributed by atoms with E-state index in [4.69, 9.17) is 34.7 Å². The number of hydrogen-bond donors (Lipinski definition) is 3. The van der Waals surface area contributed by atoms with Crippen molar-refractivity contribution in [3.05, 3.63) is 27.7 Å². The number of halogens is 2. The molecule has 0 aromatic heterocycles. The first-order valence-corrected chi connectivity index (χ1v) is 4.56. The Labute approximate surface area is 96.0 Å². The molecule has 0 spiro atoms. The first-order valence-electron chi connectivity index (χ1n) is 3.80. The number of nitrogens with two attached hydrogens (primary N) is 2. The normalized spacial score (nSPS) is 10.5. The molecule has 0 heterocycles. The van der Waals surface area contributed by atoms with Gasteiger partial charge in [0, 0.05) is 0 Å². The second-order valence-corrected chi connectivity index (χ2v) is 3.42. The van der Waals surface area contributed by atoms with Crippen LogP contribution in [-0.2, 0) is 0 Å². The molecule has 0 radical (unpaired) electrons. The highest BCUT2D eigenvalue weighted by atomic mass is 35.5. The minimum Gasteiger partial charge on any atom is -0.505 e. The number of hydrogen-bond acceptors (Lipinski definition) is 3. The van der Waals surface area contributed by atoms with Crippen LogP contribution < -0.4 is 11.5 Å². The number of phenolic OH excluding ortho intramolecular Hbond substituents is 1. The number of benzene rings is 1. The molecule has 7 heteroatoms. The smallest absolute Gasteiger partial charge is 0.211 e. The summed E-state index contributed by atoms with van der Waals surface area (Å²) in [7, 11) is 0. The minimum atomic E-state index is -0.169. The van der Waals surface area contributed by atoms with Crippen LogP contribution in [0.2, 0.25) is 10.0 Å². The van der Waals surface area contributed by atoms with Crippen LogP contribution >= 0.6 is 23.2 Å². The molecule has 0 unspecified atom stereocenters. The molecule has 5 N–H and O–H groups in total. The Kier molecular flexibility index (Phi) is 3.76. The highest BCUT2D eigenvalue weighted by Gasteiger charge is 2.04. The van der Waals surface area contributed by atoms with Crippen LogP contribution in [0.1, 0.15) is 5.56 Å². The molecule has 5 nitrogen and oxygen atoms in total. The van der Waals surface area contributed by atoms with Crippen LogP contribution in [0.15, 0.2) is 22.3 Å². The number of nitrogens with zero attached hydrogens (tertiary/aromatic N) is 2. The zero-order valence-corrected chi connectivity index (χ0v) is 9.00. The summed E-state index contributed by atoms with van der Waals surface area (Å²) in [5, 5.41) is 16.5. The van der Waals surface area contributed by atoms with E-state index in [-0.39, 0.29) is 21.8 Å². The Balaban J connectivity index is 2.98. The van der Waals surface area contributed by atoms with Gasteiger partial charge in [-0.05, 0) is 17.7 Å². The zero-order chi connectivity index (χ0) is 11.4. The molecule has 80 valence electrons. The van der Waals surface area contributed by atoms with Crippen molar-refractivity contribution in [2.75, 3.05) is 0 Å². The van der Waals surface area contributed by atoms with Crippen LogP contribution in [0.25, 0.3) is 0 Å². The lowest BCUT2D eigenvalue weighted by molar-refractivity contribution is 0.476. The molecule has 15 heavy (non-hydrogen) atoms. The SMILES string of the molecule is NC(N)=NN=Cc1cc(Cl)c(O)c(Cl)c1. The molecule has 0 fully saturated rings. The van der Waals surface area contributed by atoms with E-state index < -0.39 is 0 Å². The molecular weight excluding hydrogens is 239 g/mol. The lowest BCUT2D eigenvalue weighted by Gasteiger charge is -2.00. The topological polar surface area (TPSA) is 97.0 Å². The summed E-state index contributed by atoms with van der Waals surface area (Å²) in [6.45, 7) is 0. The lowest BCUT2D eigenvalue weighted by atomic mass is 10.2. The number of rotatable bonds is 2. The van der Waals surface area contributed by atoms with Gasteiger partial charge in [0.05, 0.1) is 16.3 Å². The van der Waals surface area contributed by atoms with E-state index in [9.17, 15) is 5.11 Å². The van der Waals surface area contributed by atoms with Gasteiger partial charge in [-0.1, -0.05) is 23.2 Å². The van der Waals surface area contributed by atoms with Crippen molar-refractivity contribution in [1.29, 1.82) is 0 Å². The average molecular weight is 247 g/mol. The van der Waals surface area contributed by atoms with Gasteiger partial charge >= 0.3 is 0 Å². The molecule has 0 bridgehead atoms. The van der Waals surface area contributed by atoms with Gasteiger partial charge in [0.1, 0.15) is 0 Å². The highest BCUT2D eigenvalue weighted by molar-refractivity contribution is 6.37. The predicted octanol–water partition coefficient (Wildman–Crippen LogP) is 1.31. The highest BCUT2D eigenvalue weighted by Crippen LogP contribution is 2.32. The maximum Gasteiger partial charge on any atom is 0.211 e. The van der Waals surface area contributed by atoms with Crippen LogP contribution in [0, 0.1) is 0 Å². The van der Waals surface area contributed by atoms with Crippen molar-refractivity contribution in [3.63, 3.8) is 0 Å². The average Bonchev–Trinajstić information content (AvgIpc) is 2.13. The zero-order valence-electron chi connectivity index (χ0n) is 7.48. The summed E-state index contributed by atoms with van der Waals surface area (Å²) >= 11 is 11.4. The Morgan fingerprint density at radius 3 is 2.27 bits per heavy atom. The van der Waals surface area contributed by atoms with E-state index >= 15 is 0 Å². The molecule has 1 rings (SSSR count). The molecule has 1 aromatic carbocycles. The Hall–Kier alpha value is -1.46. The fourth-order valence-electron chi connectivity index (χ4n) is 0.822. The summed E-state index contributed by atoms with van der Waals surface area (Å²) in [6, 6.07) is 2.96. The second kappa shape index (κ2) is 4.86. The molecule has 0 saturated heterocycles. The Morgan fingerprint density at radius 2 is 1.80 bits per heavy atom. The lowest BCUT2D eigenvalue weighted by Crippen LogP contribution is -2.21. The van der Waals surface area contributed by atoms with Crippen molar-refractivity contribution < 1.29 is 5.11 Å². The van der Waals surface area contributed by atoms with E-state index in [0.717, 1.165) is 0 Å². The van der Waals surface area contributed by atoms with Crippen molar-refractivity contribution in [2.45, 2.75) is 0 Å². The van der Waals surface area contributed by atoms with E-state index in [0.29, 0.717) is 5.56 Å². The van der Waals surface area contributed by atoms with E-state index in [2.05, 4.69) is 10.2 Å². The van der Waals surface area contributed by atoms with E-state index in [1.54, 1.807) is 0 Å². The number of guanidine groups is 1. The fraction of sp³-hybridized carbons (Fsp3) is 0. The van der Waals surface area contributed by atoms with Gasteiger partial charge in [-0.15, -0.1) is 5.10 Å². The number of phenols is 1. The van der Waals surface area contributed by atoms with Crippen molar-refractivity contribution in [3.8, 4) is 5.75 Å². The second-order valence-electron chi connectivity index (χ2n) is 2.60. The van der Waals surface area contributed by atoms with Gasteiger partial charge in [0.2, 0.25) is 5.96 Å². The van der Waals surface area contributed by atoms with Gasteiger partial charge in [-0.2, -0.15) is 5.10 Å². The summed E-state index contributed by atoms with van der Waals surface area (Å²) < 4.78 is 0. The summed E-state index contributed by atoms with van der Waals surface area (Å²) in [5.74, 6) is -0.320. The molecular formula is C8H8Cl2N4O. The molecule has 0 saturated carbocycles. The third kappa shape index (κ3) is 3.30. The first-order chi connectivity index (χ1) is 7.00. The minimum absolute atomic E-state index is 0.133. The Morgan fingerprint density at radius 1 is 1.27 bits per heavy atom. The summed E-state index contributed by atoms with van der Waals surface area (Å²) in [6.07, 6.45) is 1.36. The van der Waals surface area contributed by atoms with Crippen molar-refractivity contribution in [2.24, 2.45) is 21.7 Å². The fourth-order valence-corrected chi connectivity index (χ4v) is 1.33. The largest absolute Gasteiger partial charge is 0.505 e. The summed E-state index contributed by atoms with van der Waals surface area (Å²) in [4.78, 5) is 0. The van der Waals surface area contributed by atoms with Crippen molar-refractivity contribution >= 4 is 35.4 Å². The maximum absolute atomic E-state index is 9.27. The van der Waals surface area contributed by atoms with Gasteiger partial charge in [0.15, 0.2) is 5.75 Å². The quantitative estimate of drug-likeness (QED) is 0.417. The van der Waals surface area contributed by atoms with Gasteiger partial charge in [0.25, 0.3) is 0 Å². The van der Waals surface area contributed by atoms with Crippen LogP contribution in [0.5, 0.6) is 5.75 Å². The maximum atomic E-state index is 9.27. The Bertz CT molecular complexity index is 404. The van der Waals surface area contributed by atoms with E-state index in [1.165, 1.54) is 18.3 Å². The van der Waals surface area contributed by atoms with Crippen LogP contribution in [0.3, 0.4) is 0 Å². The summed E-state index contributed by atoms with van der Waals surface area (Å²) in [5.41, 5.74) is 10.7. The van der Waals surface area contributed by atoms with Crippen LogP contribution in [-0.4, -0.2) is 17.3 Å². The molecule has 0 aliphatic carbocycles. The third-order valence-corrected chi connectivity index (χ3v) is 2.00. The monoisotopic (exact) mass is 246 g/mol. The van der Waals surface area contributed by atoms with E-state index in [1.807, 2.05) is 0 Å².